The van der Waals surface area contributed by atoms with Crippen LogP contribution in [0.25, 0.3) is 21.2 Å². The summed E-state index contributed by atoms with van der Waals surface area (Å²) in [6.07, 6.45) is 0. The first-order valence-electron chi connectivity index (χ1n) is 9.26. The Morgan fingerprint density at radius 1 is 0.867 bits per heavy atom. The Balaban J connectivity index is 1.84. The first kappa shape index (κ1) is 19.7. The number of benzene rings is 3. The minimum atomic E-state index is -0.311. The highest BCUT2D eigenvalue weighted by molar-refractivity contribution is 7.22. The molecule has 0 spiro atoms. The fourth-order valence-corrected chi connectivity index (χ4v) is 4.28. The number of amides is 1. The molecule has 0 aliphatic heterocycles. The van der Waals surface area contributed by atoms with Crippen LogP contribution in [0.15, 0.2) is 77.6 Å². The van der Waals surface area contributed by atoms with E-state index >= 15 is 0 Å². The van der Waals surface area contributed by atoms with E-state index < -0.39 is 0 Å². The Kier molecular flexibility index (Phi) is 5.50. The molecule has 150 valence electrons. The van der Waals surface area contributed by atoms with Gasteiger partial charge in [0.2, 0.25) is 0 Å². The standard InChI is InChI=1S/C24H19NO4S/c1-28-17-12-10-15(11-13-17)21-22(26)19-8-3-4-9-20(19)30-24(21)25-23(27)16-6-5-7-18(14-16)29-2/h3-14H,1-2H3,(H,25,27). The van der Waals surface area contributed by atoms with Crippen molar-refractivity contribution in [2.24, 2.45) is 0 Å². The summed E-state index contributed by atoms with van der Waals surface area (Å²) < 4.78 is 11.2. The SMILES string of the molecule is COc1ccc(-c2c(NC(=O)c3cccc(OC)c3)sc3ccccc3c2=O)cc1. The Hall–Kier alpha value is -3.64. The van der Waals surface area contributed by atoms with Crippen molar-refractivity contribution >= 4 is 32.3 Å². The van der Waals surface area contributed by atoms with Gasteiger partial charge in [0.05, 0.1) is 19.8 Å². The van der Waals surface area contributed by atoms with Gasteiger partial charge in [-0.3, -0.25) is 9.59 Å². The smallest absolute Gasteiger partial charge is 0.256 e. The molecule has 6 heteroatoms. The van der Waals surface area contributed by atoms with E-state index in [2.05, 4.69) is 5.32 Å². The average molecular weight is 417 g/mol. The molecule has 5 nitrogen and oxygen atoms in total. The normalized spacial score (nSPS) is 10.6. The van der Waals surface area contributed by atoms with Gasteiger partial charge in [-0.25, -0.2) is 0 Å². The van der Waals surface area contributed by atoms with Crippen LogP contribution in [0.3, 0.4) is 0 Å². The van der Waals surface area contributed by atoms with Gasteiger partial charge < -0.3 is 14.8 Å². The van der Waals surface area contributed by atoms with Crippen LogP contribution >= 0.6 is 11.3 Å². The fraction of sp³-hybridized carbons (Fsp3) is 0.0833. The van der Waals surface area contributed by atoms with E-state index in [1.165, 1.54) is 11.3 Å². The zero-order chi connectivity index (χ0) is 21.1. The van der Waals surface area contributed by atoms with Gasteiger partial charge in [0.1, 0.15) is 16.5 Å². The van der Waals surface area contributed by atoms with Gasteiger partial charge in [-0.05, 0) is 48.0 Å². The molecule has 4 rings (SSSR count). The van der Waals surface area contributed by atoms with E-state index in [0.29, 0.717) is 38.6 Å². The lowest BCUT2D eigenvalue weighted by Gasteiger charge is -2.13. The van der Waals surface area contributed by atoms with E-state index in [1.54, 1.807) is 56.7 Å². The van der Waals surface area contributed by atoms with Gasteiger partial charge in [-0.15, -0.1) is 11.3 Å². The minimum Gasteiger partial charge on any atom is -0.497 e. The second-order valence-electron chi connectivity index (χ2n) is 6.55. The molecule has 0 aliphatic carbocycles. The van der Waals surface area contributed by atoms with Gasteiger partial charge in [0.15, 0.2) is 5.43 Å². The molecule has 1 aromatic heterocycles. The molecule has 0 saturated heterocycles. The number of hydrogen-bond acceptors (Lipinski definition) is 5. The maximum Gasteiger partial charge on any atom is 0.256 e. The summed E-state index contributed by atoms with van der Waals surface area (Å²) in [6.45, 7) is 0. The second-order valence-corrected chi connectivity index (χ2v) is 7.60. The van der Waals surface area contributed by atoms with Crippen molar-refractivity contribution in [3.63, 3.8) is 0 Å². The lowest BCUT2D eigenvalue weighted by Crippen LogP contribution is -2.15. The summed E-state index contributed by atoms with van der Waals surface area (Å²) in [7, 11) is 3.14. The van der Waals surface area contributed by atoms with Crippen molar-refractivity contribution in [2.75, 3.05) is 19.5 Å². The number of ether oxygens (including phenoxy) is 2. The molecular formula is C24H19NO4S. The van der Waals surface area contributed by atoms with Crippen LogP contribution in [-0.4, -0.2) is 20.1 Å². The number of fused-ring (bicyclic) bond motifs is 1. The molecule has 1 amide bonds. The molecule has 0 fully saturated rings. The van der Waals surface area contributed by atoms with Gasteiger partial charge in [-0.1, -0.05) is 30.3 Å². The molecule has 3 aromatic carbocycles. The molecule has 0 atom stereocenters. The molecular weight excluding hydrogens is 398 g/mol. The van der Waals surface area contributed by atoms with Crippen molar-refractivity contribution in [3.05, 3.63) is 88.6 Å². The molecule has 0 bridgehead atoms. The maximum atomic E-state index is 13.3. The third kappa shape index (κ3) is 3.77. The lowest BCUT2D eigenvalue weighted by molar-refractivity contribution is 0.102. The van der Waals surface area contributed by atoms with E-state index in [9.17, 15) is 9.59 Å². The van der Waals surface area contributed by atoms with E-state index in [4.69, 9.17) is 9.47 Å². The highest BCUT2D eigenvalue weighted by Gasteiger charge is 2.17. The fourth-order valence-electron chi connectivity index (χ4n) is 3.19. The molecule has 1 N–H and O–H groups in total. The number of carbonyl (C=O) groups is 1. The van der Waals surface area contributed by atoms with Crippen molar-refractivity contribution in [2.45, 2.75) is 0 Å². The third-order valence-electron chi connectivity index (χ3n) is 4.74. The first-order chi connectivity index (χ1) is 14.6. The van der Waals surface area contributed by atoms with Crippen LogP contribution in [0.4, 0.5) is 5.00 Å². The summed E-state index contributed by atoms with van der Waals surface area (Å²) in [5.74, 6) is 0.969. The number of nitrogens with one attached hydrogen (secondary N) is 1. The molecule has 4 aromatic rings. The molecule has 1 heterocycles. The molecule has 0 unspecified atom stereocenters. The van der Waals surface area contributed by atoms with Crippen LogP contribution in [0.2, 0.25) is 0 Å². The van der Waals surface area contributed by atoms with Crippen LogP contribution in [0.5, 0.6) is 11.5 Å². The predicted octanol–water partition coefficient (Wildman–Crippen LogP) is 5.20. The summed E-state index contributed by atoms with van der Waals surface area (Å²) in [5, 5.41) is 4.05. The largest absolute Gasteiger partial charge is 0.497 e. The van der Waals surface area contributed by atoms with E-state index in [1.807, 2.05) is 30.3 Å². The van der Waals surface area contributed by atoms with Crippen LogP contribution in [0, 0.1) is 0 Å². The number of hydrogen-bond donors (Lipinski definition) is 1. The van der Waals surface area contributed by atoms with E-state index in [-0.39, 0.29) is 11.3 Å². The Labute approximate surface area is 177 Å². The minimum absolute atomic E-state index is 0.129. The number of rotatable bonds is 5. The zero-order valence-electron chi connectivity index (χ0n) is 16.5. The highest BCUT2D eigenvalue weighted by atomic mass is 32.1. The van der Waals surface area contributed by atoms with Crippen molar-refractivity contribution in [1.29, 1.82) is 0 Å². The summed E-state index contributed by atoms with van der Waals surface area (Å²) in [4.78, 5) is 26.3. The lowest BCUT2D eigenvalue weighted by atomic mass is 10.1. The molecule has 0 saturated carbocycles. The second kappa shape index (κ2) is 8.39. The summed E-state index contributed by atoms with van der Waals surface area (Å²) in [6, 6.07) is 21.5. The van der Waals surface area contributed by atoms with Gasteiger partial charge in [-0.2, -0.15) is 0 Å². The van der Waals surface area contributed by atoms with Crippen LogP contribution < -0.4 is 20.2 Å². The van der Waals surface area contributed by atoms with Gasteiger partial charge in [0, 0.05) is 15.6 Å². The average Bonchev–Trinajstić information content (AvgIpc) is 2.79. The number of methoxy groups -OCH3 is 2. The number of anilines is 1. The monoisotopic (exact) mass is 417 g/mol. The van der Waals surface area contributed by atoms with Crippen LogP contribution in [0.1, 0.15) is 10.4 Å². The van der Waals surface area contributed by atoms with Crippen molar-refractivity contribution < 1.29 is 14.3 Å². The topological polar surface area (TPSA) is 64.6 Å². The van der Waals surface area contributed by atoms with E-state index in [0.717, 1.165) is 4.70 Å². The zero-order valence-corrected chi connectivity index (χ0v) is 17.3. The molecule has 0 radical (unpaired) electrons. The number of carbonyl (C=O) groups excluding carboxylic acids is 1. The Bertz CT molecular complexity index is 1280. The van der Waals surface area contributed by atoms with Crippen molar-refractivity contribution in [3.8, 4) is 22.6 Å². The Morgan fingerprint density at radius 2 is 1.60 bits per heavy atom. The van der Waals surface area contributed by atoms with Gasteiger partial charge >= 0.3 is 0 Å². The third-order valence-corrected chi connectivity index (χ3v) is 5.82. The van der Waals surface area contributed by atoms with Gasteiger partial charge in [0.25, 0.3) is 5.91 Å². The quantitative estimate of drug-likeness (QED) is 0.485. The van der Waals surface area contributed by atoms with Crippen LogP contribution in [-0.2, 0) is 0 Å². The molecule has 30 heavy (non-hydrogen) atoms. The van der Waals surface area contributed by atoms with Crippen molar-refractivity contribution in [1.82, 2.24) is 0 Å². The first-order valence-corrected chi connectivity index (χ1v) is 10.1. The highest BCUT2D eigenvalue weighted by Crippen LogP contribution is 2.34. The molecule has 0 aliphatic rings. The summed E-state index contributed by atoms with van der Waals surface area (Å²) in [5.41, 5.74) is 1.49. The Morgan fingerprint density at radius 3 is 2.33 bits per heavy atom. The maximum absolute atomic E-state index is 13.3. The summed E-state index contributed by atoms with van der Waals surface area (Å²) >= 11 is 1.37. The predicted molar refractivity (Wildman–Crippen MR) is 121 cm³/mol.